The topological polar surface area (TPSA) is 223 Å². The first-order valence-corrected chi connectivity index (χ1v) is 16.8. The van der Waals surface area contributed by atoms with E-state index < -0.39 is 54.6 Å². The summed E-state index contributed by atoms with van der Waals surface area (Å²) in [5.74, 6) is -3.35. The van der Waals surface area contributed by atoms with Gasteiger partial charge in [0.1, 0.15) is 18.7 Å². The van der Waals surface area contributed by atoms with Crippen molar-refractivity contribution in [3.63, 3.8) is 0 Å². The molecule has 0 saturated heterocycles. The second-order valence-electron chi connectivity index (χ2n) is 12.1. The van der Waals surface area contributed by atoms with E-state index in [-0.39, 0.29) is 38.1 Å². The summed E-state index contributed by atoms with van der Waals surface area (Å²) in [6.07, 6.45) is 0.544. The Bertz CT molecular complexity index is 1190. The molecule has 16 nitrogen and oxygen atoms in total. The molecule has 0 aliphatic carbocycles. The first-order valence-electron chi connectivity index (χ1n) is 16.8. The molecule has 0 bridgehead atoms. The van der Waals surface area contributed by atoms with E-state index in [1.807, 2.05) is 0 Å². The van der Waals surface area contributed by atoms with Crippen LogP contribution in [0.25, 0.3) is 0 Å². The molecule has 2 atom stereocenters. The number of nitrogens with one attached hydrogen (secondary N) is 4. The predicted octanol–water partition coefficient (Wildman–Crippen LogP) is 0.808. The number of carbonyl (C=O) groups excluding carboxylic acids is 6. The molecule has 0 aromatic heterocycles. The van der Waals surface area contributed by atoms with Crippen molar-refractivity contribution in [3.8, 4) is 0 Å². The lowest BCUT2D eigenvalue weighted by Gasteiger charge is -2.18. The fourth-order valence-corrected chi connectivity index (χ4v) is 3.84. The van der Waals surface area contributed by atoms with Gasteiger partial charge in [-0.25, -0.2) is 0 Å². The number of rotatable bonds is 27. The van der Waals surface area contributed by atoms with Gasteiger partial charge in [0.2, 0.25) is 29.5 Å². The zero-order valence-electron chi connectivity index (χ0n) is 29.9. The molecule has 1 aromatic carbocycles. The van der Waals surface area contributed by atoms with Crippen LogP contribution in [-0.4, -0.2) is 107 Å². The van der Waals surface area contributed by atoms with Crippen molar-refractivity contribution < 1.29 is 52.5 Å². The van der Waals surface area contributed by atoms with Crippen molar-refractivity contribution in [2.75, 3.05) is 64.7 Å². The first-order chi connectivity index (χ1) is 23.8. The molecular formula is C34H55N5O11. The number of ether oxygens (including phenoxy) is 5. The normalized spacial score (nSPS) is 12.2. The van der Waals surface area contributed by atoms with E-state index >= 15 is 0 Å². The summed E-state index contributed by atoms with van der Waals surface area (Å²) in [7, 11) is 0. The van der Waals surface area contributed by atoms with Crippen LogP contribution >= 0.6 is 0 Å². The first kappa shape index (κ1) is 43.9. The molecule has 0 saturated carbocycles. The van der Waals surface area contributed by atoms with E-state index in [9.17, 15) is 28.8 Å². The molecular weight excluding hydrogens is 654 g/mol. The number of nitrogens with two attached hydrogens (primary N) is 1. The predicted molar refractivity (Wildman–Crippen MR) is 183 cm³/mol. The molecule has 1 aromatic rings. The van der Waals surface area contributed by atoms with Gasteiger partial charge in [-0.05, 0) is 37.0 Å². The Hall–Kier alpha value is -4.12. The van der Waals surface area contributed by atoms with Crippen LogP contribution < -0.4 is 27.0 Å². The molecule has 5 amide bonds. The second-order valence-corrected chi connectivity index (χ2v) is 12.1. The molecule has 0 spiro atoms. The van der Waals surface area contributed by atoms with Crippen molar-refractivity contribution in [2.45, 2.75) is 72.6 Å². The summed E-state index contributed by atoms with van der Waals surface area (Å²) in [5.41, 5.74) is 6.33. The summed E-state index contributed by atoms with van der Waals surface area (Å²) in [4.78, 5) is 73.2. The van der Waals surface area contributed by atoms with E-state index in [1.165, 1.54) is 6.92 Å². The Morgan fingerprint density at radius 1 is 0.700 bits per heavy atom. The highest BCUT2D eigenvalue weighted by Crippen LogP contribution is 2.12. The number of primary amides is 1. The lowest BCUT2D eigenvalue weighted by atomic mass is 10.1. The number of hydrogen-bond acceptors (Lipinski definition) is 11. The molecule has 2 unspecified atom stereocenters. The number of carbonyl (C=O) groups is 6. The largest absolute Gasteiger partial charge is 0.461 e. The van der Waals surface area contributed by atoms with Gasteiger partial charge in [0.25, 0.3) is 0 Å². The van der Waals surface area contributed by atoms with E-state index in [1.54, 1.807) is 38.1 Å². The van der Waals surface area contributed by atoms with Crippen LogP contribution in [-0.2, 0) is 59.1 Å². The van der Waals surface area contributed by atoms with Gasteiger partial charge in [-0.1, -0.05) is 39.8 Å². The van der Waals surface area contributed by atoms with Crippen LogP contribution in [0.3, 0.4) is 0 Å². The molecule has 0 heterocycles. The maximum Gasteiger partial charge on any atom is 0.308 e. The third-order valence-corrected chi connectivity index (χ3v) is 6.75. The summed E-state index contributed by atoms with van der Waals surface area (Å²) >= 11 is 0. The smallest absolute Gasteiger partial charge is 0.308 e. The van der Waals surface area contributed by atoms with E-state index in [0.717, 1.165) is 13.0 Å². The van der Waals surface area contributed by atoms with Crippen LogP contribution in [0.5, 0.6) is 0 Å². The Morgan fingerprint density at radius 3 is 1.80 bits per heavy atom. The summed E-state index contributed by atoms with van der Waals surface area (Å²) in [6, 6.07) is 4.17. The maximum absolute atomic E-state index is 12.8. The second kappa shape index (κ2) is 25.8. The van der Waals surface area contributed by atoms with Gasteiger partial charge >= 0.3 is 5.97 Å². The minimum Gasteiger partial charge on any atom is -0.461 e. The standard InChI is InChI=1S/C34H55N5O11/c1-23(2)10-12-46-14-16-48-18-19-49-17-15-47-13-11-30(41)37-25(5)32(43)36-21-31(42)39-28(20-29(35)40)33(44)38-27-8-6-26(7-9-27)22-50-34(45)24(3)4/h6-9,23-25,28H,10-22H2,1-5H3,(H2,35,40)(H,36,43)(H,37,41)(H,38,44)(H,39,42). The van der Waals surface area contributed by atoms with Crippen LogP contribution in [0.4, 0.5) is 5.69 Å². The van der Waals surface area contributed by atoms with Crippen molar-refractivity contribution in [1.82, 2.24) is 16.0 Å². The number of anilines is 1. The Labute approximate surface area is 294 Å². The van der Waals surface area contributed by atoms with E-state index in [4.69, 9.17) is 29.4 Å². The molecule has 6 N–H and O–H groups in total. The third-order valence-electron chi connectivity index (χ3n) is 6.75. The third kappa shape index (κ3) is 21.8. The number of esters is 1. The average molecular weight is 710 g/mol. The molecule has 0 aliphatic rings. The zero-order valence-corrected chi connectivity index (χ0v) is 29.9. The summed E-state index contributed by atoms with van der Waals surface area (Å²) < 4.78 is 26.9. The Morgan fingerprint density at radius 2 is 1.26 bits per heavy atom. The molecule has 50 heavy (non-hydrogen) atoms. The van der Waals surface area contributed by atoms with Gasteiger partial charge in [-0.15, -0.1) is 0 Å². The van der Waals surface area contributed by atoms with Gasteiger partial charge in [0.15, 0.2) is 0 Å². The van der Waals surface area contributed by atoms with Crippen molar-refractivity contribution in [2.24, 2.45) is 17.6 Å². The minimum atomic E-state index is -1.32. The van der Waals surface area contributed by atoms with E-state index in [0.29, 0.717) is 50.2 Å². The molecule has 16 heteroatoms. The highest BCUT2D eigenvalue weighted by atomic mass is 16.6. The maximum atomic E-state index is 12.8. The Kier molecular flexibility index (Phi) is 22.6. The van der Waals surface area contributed by atoms with Gasteiger partial charge in [0, 0.05) is 18.7 Å². The quantitative estimate of drug-likeness (QED) is 0.0635. The van der Waals surface area contributed by atoms with Crippen molar-refractivity contribution in [3.05, 3.63) is 29.8 Å². The molecule has 0 radical (unpaired) electrons. The fraction of sp³-hybridized carbons (Fsp3) is 0.647. The zero-order chi connectivity index (χ0) is 37.3. The average Bonchev–Trinajstić information content (AvgIpc) is 3.06. The SMILES string of the molecule is CC(C)CCOCCOCCOCCOCCC(=O)NC(C)C(=O)NCC(=O)NC(CC(N)=O)C(=O)Nc1ccc(COC(=O)C(C)C)cc1. The van der Waals surface area contributed by atoms with Crippen LogP contribution in [0.15, 0.2) is 24.3 Å². The van der Waals surface area contributed by atoms with Crippen LogP contribution in [0.2, 0.25) is 0 Å². The van der Waals surface area contributed by atoms with Gasteiger partial charge < -0.3 is 50.7 Å². The van der Waals surface area contributed by atoms with E-state index in [2.05, 4.69) is 35.1 Å². The molecule has 1 rings (SSSR count). The fourth-order valence-electron chi connectivity index (χ4n) is 3.84. The van der Waals surface area contributed by atoms with Crippen LogP contribution in [0, 0.1) is 11.8 Å². The monoisotopic (exact) mass is 709 g/mol. The van der Waals surface area contributed by atoms with Gasteiger partial charge in [-0.2, -0.15) is 0 Å². The Balaban J connectivity index is 2.29. The summed E-state index contributed by atoms with van der Waals surface area (Å²) in [5, 5.41) is 9.86. The highest BCUT2D eigenvalue weighted by molar-refractivity contribution is 6.00. The molecule has 282 valence electrons. The van der Waals surface area contributed by atoms with Gasteiger partial charge in [-0.3, -0.25) is 28.8 Å². The number of benzene rings is 1. The molecule has 0 fully saturated rings. The lowest BCUT2D eigenvalue weighted by Crippen LogP contribution is -2.51. The number of hydrogen-bond donors (Lipinski definition) is 5. The number of amides is 5. The van der Waals surface area contributed by atoms with Crippen LogP contribution in [0.1, 0.15) is 59.4 Å². The van der Waals surface area contributed by atoms with Crippen molar-refractivity contribution in [1.29, 1.82) is 0 Å². The highest BCUT2D eigenvalue weighted by Gasteiger charge is 2.24. The molecule has 0 aliphatic heterocycles. The summed E-state index contributed by atoms with van der Waals surface area (Å²) in [6.45, 7) is 12.1. The van der Waals surface area contributed by atoms with Crippen molar-refractivity contribution >= 4 is 41.2 Å². The lowest BCUT2D eigenvalue weighted by molar-refractivity contribution is -0.148. The minimum absolute atomic E-state index is 0.0102. The van der Waals surface area contributed by atoms with Gasteiger partial charge in [0.05, 0.1) is 65.1 Å².